The molecule has 0 atom stereocenters. The molecule has 1 aromatic heterocycles. The van der Waals surface area contributed by atoms with Crippen molar-refractivity contribution < 1.29 is 0 Å². The maximum absolute atomic E-state index is 5.69. The van der Waals surface area contributed by atoms with Gasteiger partial charge in [-0.15, -0.1) is 0 Å². The summed E-state index contributed by atoms with van der Waals surface area (Å²) in [7, 11) is 2.00. The number of hydrogen-bond acceptors (Lipinski definition) is 2. The van der Waals surface area contributed by atoms with Crippen molar-refractivity contribution in [3.63, 3.8) is 0 Å². The first kappa shape index (κ1) is 14.3. The van der Waals surface area contributed by atoms with Gasteiger partial charge in [-0.1, -0.05) is 38.1 Å². The van der Waals surface area contributed by atoms with Gasteiger partial charge < -0.3 is 10.3 Å². The lowest BCUT2D eigenvalue weighted by Gasteiger charge is -2.08. The fourth-order valence-electron chi connectivity index (χ4n) is 2.27. The van der Waals surface area contributed by atoms with Gasteiger partial charge in [0.05, 0.1) is 12.2 Å². The minimum Gasteiger partial charge on any atom is -0.329 e. The molecule has 0 saturated carbocycles. The van der Waals surface area contributed by atoms with Crippen molar-refractivity contribution in [3.05, 3.63) is 40.3 Å². The molecule has 19 heavy (non-hydrogen) atoms. The highest BCUT2D eigenvalue weighted by molar-refractivity contribution is 9.10. The van der Waals surface area contributed by atoms with Crippen molar-refractivity contribution in [2.24, 2.45) is 18.7 Å². The first-order valence-corrected chi connectivity index (χ1v) is 7.32. The third-order valence-corrected chi connectivity index (χ3v) is 3.75. The highest BCUT2D eigenvalue weighted by Gasteiger charge is 2.13. The van der Waals surface area contributed by atoms with Crippen molar-refractivity contribution in [1.29, 1.82) is 0 Å². The first-order valence-electron chi connectivity index (χ1n) is 6.53. The molecule has 0 fully saturated rings. The molecular formula is C15H20BrN3. The molecule has 0 spiro atoms. The second-order valence-corrected chi connectivity index (χ2v) is 5.98. The third-order valence-electron chi connectivity index (χ3n) is 3.20. The van der Waals surface area contributed by atoms with Crippen molar-refractivity contribution in [1.82, 2.24) is 9.55 Å². The number of rotatable bonds is 4. The van der Waals surface area contributed by atoms with E-state index < -0.39 is 0 Å². The van der Waals surface area contributed by atoms with Crippen LogP contribution in [0.4, 0.5) is 0 Å². The Balaban J connectivity index is 2.34. The molecule has 4 heteroatoms. The topological polar surface area (TPSA) is 43.8 Å². The Morgan fingerprint density at radius 3 is 2.37 bits per heavy atom. The fraction of sp³-hybridized carbons (Fsp3) is 0.400. The molecule has 0 aliphatic heterocycles. The Bertz CT molecular complexity index is 556. The van der Waals surface area contributed by atoms with Crippen LogP contribution in [0.2, 0.25) is 0 Å². The molecule has 0 saturated heterocycles. The molecule has 0 unspecified atom stereocenters. The van der Waals surface area contributed by atoms with E-state index in [1.54, 1.807) is 0 Å². The van der Waals surface area contributed by atoms with Crippen LogP contribution in [-0.2, 0) is 20.0 Å². The summed E-state index contributed by atoms with van der Waals surface area (Å²) >= 11 is 3.52. The lowest BCUT2D eigenvalue weighted by atomic mass is 10.0. The predicted octanol–water partition coefficient (Wildman–Crippen LogP) is 3.51. The van der Waals surface area contributed by atoms with Crippen molar-refractivity contribution in [2.45, 2.75) is 26.8 Å². The third kappa shape index (κ3) is 3.07. The molecule has 1 heterocycles. The molecule has 1 aromatic carbocycles. The van der Waals surface area contributed by atoms with E-state index in [1.807, 2.05) is 11.6 Å². The van der Waals surface area contributed by atoms with Crippen LogP contribution in [0.15, 0.2) is 28.9 Å². The highest BCUT2D eigenvalue weighted by Crippen LogP contribution is 2.28. The SMILES string of the molecule is CC(C)Cc1ccc(-c2c(Br)nc(CN)n2C)cc1. The van der Waals surface area contributed by atoms with Crippen LogP contribution in [0.1, 0.15) is 25.2 Å². The molecule has 2 aromatic rings. The van der Waals surface area contributed by atoms with Gasteiger partial charge in [-0.3, -0.25) is 0 Å². The van der Waals surface area contributed by atoms with Gasteiger partial charge in [0.15, 0.2) is 0 Å². The average Bonchev–Trinajstić information content (AvgIpc) is 2.65. The Morgan fingerprint density at radius 1 is 1.26 bits per heavy atom. The van der Waals surface area contributed by atoms with E-state index in [9.17, 15) is 0 Å². The molecule has 2 rings (SSSR count). The largest absolute Gasteiger partial charge is 0.329 e. The maximum Gasteiger partial charge on any atom is 0.132 e. The zero-order chi connectivity index (χ0) is 14.0. The number of benzene rings is 1. The summed E-state index contributed by atoms with van der Waals surface area (Å²) in [6, 6.07) is 8.69. The lowest BCUT2D eigenvalue weighted by molar-refractivity contribution is 0.647. The van der Waals surface area contributed by atoms with Gasteiger partial charge >= 0.3 is 0 Å². The van der Waals surface area contributed by atoms with Gasteiger partial charge in [-0.2, -0.15) is 0 Å². The number of hydrogen-bond donors (Lipinski definition) is 1. The van der Waals surface area contributed by atoms with Crippen molar-refractivity contribution in [2.75, 3.05) is 0 Å². The molecule has 102 valence electrons. The molecule has 0 radical (unpaired) electrons. The summed E-state index contributed by atoms with van der Waals surface area (Å²) in [6.07, 6.45) is 1.11. The molecule has 0 bridgehead atoms. The molecule has 0 amide bonds. The Labute approximate surface area is 123 Å². The summed E-state index contributed by atoms with van der Waals surface area (Å²) in [6.45, 7) is 4.92. The van der Waals surface area contributed by atoms with Crippen molar-refractivity contribution >= 4 is 15.9 Å². The zero-order valence-corrected chi connectivity index (χ0v) is 13.2. The van der Waals surface area contributed by atoms with Crippen LogP contribution in [0, 0.1) is 5.92 Å². The Morgan fingerprint density at radius 2 is 1.89 bits per heavy atom. The standard InChI is InChI=1S/C15H20BrN3/c1-10(2)8-11-4-6-12(7-5-11)14-15(16)18-13(9-17)19(14)3/h4-7,10H,8-9,17H2,1-3H3. The van der Waals surface area contributed by atoms with Crippen LogP contribution < -0.4 is 5.73 Å². The number of halogens is 1. The second-order valence-electron chi connectivity index (χ2n) is 5.23. The molecule has 3 nitrogen and oxygen atoms in total. The smallest absolute Gasteiger partial charge is 0.132 e. The van der Waals surface area contributed by atoms with Crippen LogP contribution in [-0.4, -0.2) is 9.55 Å². The highest BCUT2D eigenvalue weighted by atomic mass is 79.9. The van der Waals surface area contributed by atoms with Gasteiger partial charge in [0.1, 0.15) is 10.4 Å². The van der Waals surface area contributed by atoms with Crippen molar-refractivity contribution in [3.8, 4) is 11.3 Å². The van der Waals surface area contributed by atoms with E-state index >= 15 is 0 Å². The fourth-order valence-corrected chi connectivity index (χ4v) is 2.97. The number of nitrogens with zero attached hydrogens (tertiary/aromatic N) is 2. The van der Waals surface area contributed by atoms with Crippen LogP contribution in [0.5, 0.6) is 0 Å². The molecule has 0 aliphatic rings. The summed E-state index contributed by atoms with van der Waals surface area (Å²) in [5.74, 6) is 1.56. The zero-order valence-electron chi connectivity index (χ0n) is 11.7. The van der Waals surface area contributed by atoms with Crippen LogP contribution in [0.3, 0.4) is 0 Å². The maximum atomic E-state index is 5.69. The van der Waals surface area contributed by atoms with Gasteiger partial charge in [-0.05, 0) is 33.8 Å². The van der Waals surface area contributed by atoms with E-state index in [0.29, 0.717) is 12.5 Å². The molecule has 2 N–H and O–H groups in total. The summed E-state index contributed by atoms with van der Waals surface area (Å²) in [5, 5.41) is 0. The van der Waals surface area contributed by atoms with E-state index in [4.69, 9.17) is 5.73 Å². The number of aromatic nitrogens is 2. The molecular weight excluding hydrogens is 302 g/mol. The first-order chi connectivity index (χ1) is 9.02. The van der Waals surface area contributed by atoms with Gasteiger partial charge in [0.25, 0.3) is 0 Å². The Kier molecular flexibility index (Phi) is 4.42. The normalized spacial score (nSPS) is 11.3. The quantitative estimate of drug-likeness (QED) is 0.936. The monoisotopic (exact) mass is 321 g/mol. The van der Waals surface area contributed by atoms with E-state index in [2.05, 4.69) is 59.0 Å². The molecule has 0 aliphatic carbocycles. The van der Waals surface area contributed by atoms with E-state index in [0.717, 1.165) is 28.1 Å². The number of nitrogens with two attached hydrogens (primary N) is 1. The van der Waals surface area contributed by atoms with Gasteiger partial charge in [0.2, 0.25) is 0 Å². The van der Waals surface area contributed by atoms with E-state index in [1.165, 1.54) is 5.56 Å². The Hall–Kier alpha value is -1.13. The van der Waals surface area contributed by atoms with Crippen LogP contribution >= 0.6 is 15.9 Å². The average molecular weight is 322 g/mol. The summed E-state index contributed by atoms with van der Waals surface area (Å²) in [4.78, 5) is 4.43. The van der Waals surface area contributed by atoms with Crippen LogP contribution in [0.25, 0.3) is 11.3 Å². The lowest BCUT2D eigenvalue weighted by Crippen LogP contribution is -2.05. The summed E-state index contributed by atoms with van der Waals surface area (Å²) in [5.41, 5.74) is 9.30. The van der Waals surface area contributed by atoms with Gasteiger partial charge in [0, 0.05) is 12.6 Å². The van der Waals surface area contributed by atoms with Gasteiger partial charge in [-0.25, -0.2) is 4.98 Å². The minimum absolute atomic E-state index is 0.445. The second kappa shape index (κ2) is 5.88. The van der Waals surface area contributed by atoms with E-state index in [-0.39, 0.29) is 0 Å². The minimum atomic E-state index is 0.445. The predicted molar refractivity (Wildman–Crippen MR) is 82.8 cm³/mol. The summed E-state index contributed by atoms with van der Waals surface area (Å²) < 4.78 is 2.90. The number of imidazole rings is 1.